The Morgan fingerprint density at radius 1 is 1.33 bits per heavy atom. The Labute approximate surface area is 149 Å². The molecule has 24 heavy (non-hydrogen) atoms. The van der Waals surface area contributed by atoms with Gasteiger partial charge in [0.2, 0.25) is 0 Å². The maximum absolute atomic E-state index is 12.6. The van der Waals surface area contributed by atoms with Crippen molar-refractivity contribution in [3.05, 3.63) is 50.9 Å². The van der Waals surface area contributed by atoms with Gasteiger partial charge in [0.25, 0.3) is 15.9 Å². The molecule has 0 fully saturated rings. The first-order valence-corrected chi connectivity index (χ1v) is 10.3. The minimum atomic E-state index is -3.47. The number of fused-ring (bicyclic) bond motifs is 2. The highest BCUT2D eigenvalue weighted by molar-refractivity contribution is 7.92. The quantitative estimate of drug-likeness (QED) is 0.837. The first kappa shape index (κ1) is 16.1. The van der Waals surface area contributed by atoms with E-state index in [0.29, 0.717) is 15.5 Å². The highest BCUT2D eigenvalue weighted by Gasteiger charge is 2.35. The van der Waals surface area contributed by atoms with Crippen LogP contribution >= 0.6 is 22.9 Å². The number of halogens is 1. The Morgan fingerprint density at radius 2 is 2.12 bits per heavy atom. The van der Waals surface area contributed by atoms with Crippen LogP contribution in [0.3, 0.4) is 0 Å². The summed E-state index contributed by atoms with van der Waals surface area (Å²) in [5.41, 5.74) is 2.91. The van der Waals surface area contributed by atoms with Crippen LogP contribution in [0.4, 0.5) is 0 Å². The van der Waals surface area contributed by atoms with Gasteiger partial charge in [0.05, 0.1) is 10.9 Å². The molecular formula is C16H15ClN2O3S2. The van der Waals surface area contributed by atoms with Gasteiger partial charge in [-0.3, -0.25) is 4.79 Å². The average molecular weight is 383 g/mol. The zero-order valence-electron chi connectivity index (χ0n) is 12.8. The first-order valence-electron chi connectivity index (χ1n) is 7.60. The summed E-state index contributed by atoms with van der Waals surface area (Å²) in [7, 11) is -3.47. The molecule has 1 amide bonds. The van der Waals surface area contributed by atoms with Crippen LogP contribution in [0.2, 0.25) is 5.02 Å². The van der Waals surface area contributed by atoms with E-state index >= 15 is 0 Å². The molecule has 0 bridgehead atoms. The number of amides is 1. The van der Waals surface area contributed by atoms with Crippen molar-refractivity contribution in [2.75, 3.05) is 0 Å². The maximum Gasteiger partial charge on any atom is 0.261 e. The summed E-state index contributed by atoms with van der Waals surface area (Å²) in [5, 5.41) is 3.71. The molecule has 2 aromatic rings. The number of rotatable bonds is 2. The molecule has 1 aliphatic carbocycles. The van der Waals surface area contributed by atoms with Crippen LogP contribution < -0.4 is 10.0 Å². The monoisotopic (exact) mass is 382 g/mol. The van der Waals surface area contributed by atoms with Gasteiger partial charge < -0.3 is 5.32 Å². The van der Waals surface area contributed by atoms with E-state index < -0.39 is 10.0 Å². The van der Waals surface area contributed by atoms with Crippen LogP contribution in [0.25, 0.3) is 0 Å². The molecule has 4 rings (SSSR count). The first-order chi connectivity index (χ1) is 11.3. The van der Waals surface area contributed by atoms with Crippen molar-refractivity contribution in [3.63, 3.8) is 0 Å². The zero-order chi connectivity index (χ0) is 17.1. The van der Waals surface area contributed by atoms with Gasteiger partial charge in [0.1, 0.15) is 4.21 Å². The summed E-state index contributed by atoms with van der Waals surface area (Å²) in [6.07, 6.45) is 1.69. The number of sulfonamides is 1. The second-order valence-corrected chi connectivity index (χ2v) is 9.50. The van der Waals surface area contributed by atoms with E-state index in [9.17, 15) is 13.2 Å². The van der Waals surface area contributed by atoms with E-state index in [0.717, 1.165) is 35.3 Å². The lowest BCUT2D eigenvalue weighted by Crippen LogP contribution is -2.26. The molecule has 2 atom stereocenters. The summed E-state index contributed by atoms with van der Waals surface area (Å²) in [4.78, 5) is 13.0. The molecule has 2 aliphatic rings. The average Bonchev–Trinajstić information content (AvgIpc) is 3.16. The number of hydrogen-bond acceptors (Lipinski definition) is 4. The number of aryl methyl sites for hydroxylation is 1. The predicted octanol–water partition coefficient (Wildman–Crippen LogP) is 3.17. The van der Waals surface area contributed by atoms with Crippen LogP contribution in [-0.4, -0.2) is 14.3 Å². The third-order valence-electron chi connectivity index (χ3n) is 4.48. The fourth-order valence-electron chi connectivity index (χ4n) is 3.33. The van der Waals surface area contributed by atoms with Crippen LogP contribution in [0.1, 0.15) is 51.8 Å². The Hall–Kier alpha value is -1.41. The molecule has 0 radical (unpaired) electrons. The van der Waals surface area contributed by atoms with E-state index in [2.05, 4.69) is 10.0 Å². The topological polar surface area (TPSA) is 75.3 Å². The summed E-state index contributed by atoms with van der Waals surface area (Å²) in [6.45, 7) is 1.77. The molecule has 0 saturated heterocycles. The Morgan fingerprint density at radius 3 is 2.88 bits per heavy atom. The Bertz CT molecular complexity index is 952. The molecule has 5 nitrogen and oxygen atoms in total. The van der Waals surface area contributed by atoms with E-state index in [1.165, 1.54) is 0 Å². The maximum atomic E-state index is 12.6. The molecule has 2 N–H and O–H groups in total. The second kappa shape index (κ2) is 5.56. The predicted molar refractivity (Wildman–Crippen MR) is 93.0 cm³/mol. The van der Waals surface area contributed by atoms with E-state index in [-0.39, 0.29) is 22.2 Å². The number of hydrogen-bond donors (Lipinski definition) is 2. The van der Waals surface area contributed by atoms with Gasteiger partial charge in [-0.1, -0.05) is 17.7 Å². The SMILES string of the molecule is C[C@@H]1NS(=O)(=O)c2sc(C(=O)N[C@@H]3CCc4cc(Cl)ccc43)cc21. The fraction of sp³-hybridized carbons (Fsp3) is 0.312. The molecule has 8 heteroatoms. The van der Waals surface area contributed by atoms with Crippen molar-refractivity contribution in [2.24, 2.45) is 0 Å². The van der Waals surface area contributed by atoms with E-state index in [4.69, 9.17) is 11.6 Å². The minimum Gasteiger partial charge on any atom is -0.345 e. The Kier molecular flexibility index (Phi) is 3.72. The Balaban J connectivity index is 1.58. The molecule has 0 saturated carbocycles. The lowest BCUT2D eigenvalue weighted by Gasteiger charge is -2.13. The molecule has 126 valence electrons. The van der Waals surface area contributed by atoms with Crippen molar-refractivity contribution in [1.29, 1.82) is 0 Å². The van der Waals surface area contributed by atoms with Gasteiger partial charge in [0.15, 0.2) is 0 Å². The molecule has 0 spiro atoms. The minimum absolute atomic E-state index is 0.0612. The van der Waals surface area contributed by atoms with E-state index in [1.54, 1.807) is 13.0 Å². The summed E-state index contributed by atoms with van der Waals surface area (Å²) >= 11 is 7.03. The van der Waals surface area contributed by atoms with Crippen LogP contribution in [-0.2, 0) is 16.4 Å². The molecule has 2 heterocycles. The summed E-state index contributed by atoms with van der Waals surface area (Å²) in [6, 6.07) is 7.02. The standard InChI is InChI=1S/C16H15ClN2O3S2/c1-8-12-7-14(23-16(12)24(21,22)19-8)15(20)18-13-5-2-9-6-10(17)3-4-11(9)13/h3-4,6-8,13,19H,2,5H2,1H3,(H,18,20)/t8-,13+/m0/s1. The largest absolute Gasteiger partial charge is 0.345 e. The molecular weight excluding hydrogens is 368 g/mol. The number of thiophene rings is 1. The van der Waals surface area contributed by atoms with Gasteiger partial charge in [-0.05, 0) is 49.1 Å². The van der Waals surface area contributed by atoms with Crippen LogP contribution in [0.15, 0.2) is 28.5 Å². The van der Waals surface area contributed by atoms with Gasteiger partial charge in [-0.2, -0.15) is 0 Å². The van der Waals surface area contributed by atoms with Gasteiger partial charge in [-0.25, -0.2) is 13.1 Å². The van der Waals surface area contributed by atoms with Crippen molar-refractivity contribution < 1.29 is 13.2 Å². The van der Waals surface area contributed by atoms with Crippen LogP contribution in [0, 0.1) is 0 Å². The highest BCUT2D eigenvalue weighted by Crippen LogP contribution is 2.38. The third kappa shape index (κ3) is 2.56. The van der Waals surface area contributed by atoms with Crippen molar-refractivity contribution in [2.45, 2.75) is 36.1 Å². The summed E-state index contributed by atoms with van der Waals surface area (Å²) in [5.74, 6) is -0.232. The normalized spacial score (nSPS) is 23.8. The smallest absolute Gasteiger partial charge is 0.261 e. The van der Waals surface area contributed by atoms with Crippen molar-refractivity contribution >= 4 is 38.9 Å². The number of nitrogens with one attached hydrogen (secondary N) is 2. The molecule has 1 aromatic heterocycles. The van der Waals surface area contributed by atoms with Crippen molar-refractivity contribution in [3.8, 4) is 0 Å². The lowest BCUT2D eigenvalue weighted by atomic mass is 10.1. The van der Waals surface area contributed by atoms with Gasteiger partial charge in [0, 0.05) is 16.6 Å². The fourth-order valence-corrected chi connectivity index (χ4v) is 6.51. The van der Waals surface area contributed by atoms with Gasteiger partial charge in [-0.15, -0.1) is 11.3 Å². The third-order valence-corrected chi connectivity index (χ3v) is 7.95. The van der Waals surface area contributed by atoms with Gasteiger partial charge >= 0.3 is 0 Å². The number of benzene rings is 1. The van der Waals surface area contributed by atoms with Crippen molar-refractivity contribution in [1.82, 2.24) is 10.0 Å². The lowest BCUT2D eigenvalue weighted by molar-refractivity contribution is 0.0941. The molecule has 1 aromatic carbocycles. The van der Waals surface area contributed by atoms with Crippen LogP contribution in [0.5, 0.6) is 0 Å². The molecule has 1 aliphatic heterocycles. The summed E-state index contributed by atoms with van der Waals surface area (Å²) < 4.78 is 26.8. The van der Waals surface area contributed by atoms with E-state index in [1.807, 2.05) is 18.2 Å². The second-order valence-electron chi connectivity index (χ2n) is 6.10. The highest BCUT2D eigenvalue weighted by atomic mass is 35.5. The number of carbonyl (C=O) groups excluding carboxylic acids is 1. The molecule has 0 unspecified atom stereocenters. The zero-order valence-corrected chi connectivity index (χ0v) is 15.2. The number of carbonyl (C=O) groups is 1.